The first-order valence-electron chi connectivity index (χ1n) is 8.60. The van der Waals surface area contributed by atoms with Crippen molar-refractivity contribution >= 4 is 5.91 Å². The molecule has 0 atom stereocenters. The predicted octanol–water partition coefficient (Wildman–Crippen LogP) is 2.64. The molecule has 0 bridgehead atoms. The molecule has 5 heteroatoms. The molecule has 1 amide bonds. The maximum atomic E-state index is 12.6. The Morgan fingerprint density at radius 1 is 1.38 bits per heavy atom. The lowest BCUT2D eigenvalue weighted by Gasteiger charge is -2.33. The van der Waals surface area contributed by atoms with Gasteiger partial charge in [0.25, 0.3) is 0 Å². The molecule has 1 N–H and O–H groups in total. The zero-order chi connectivity index (χ0) is 16.7. The van der Waals surface area contributed by atoms with Gasteiger partial charge in [0.05, 0.1) is 30.7 Å². The first-order chi connectivity index (χ1) is 11.5. The summed E-state index contributed by atoms with van der Waals surface area (Å²) < 4.78 is 6.02. The molecule has 2 aliphatic rings. The van der Waals surface area contributed by atoms with Crippen molar-refractivity contribution in [2.75, 3.05) is 6.54 Å². The number of aromatic nitrogens is 2. The van der Waals surface area contributed by atoms with E-state index in [0.29, 0.717) is 13.0 Å². The van der Waals surface area contributed by atoms with Gasteiger partial charge in [0.15, 0.2) is 0 Å². The van der Waals surface area contributed by atoms with Crippen molar-refractivity contribution in [1.82, 2.24) is 14.9 Å². The number of fused-ring (bicyclic) bond motifs is 2. The molecule has 0 fully saturated rings. The lowest BCUT2D eigenvalue weighted by molar-refractivity contribution is -0.131. The van der Waals surface area contributed by atoms with Crippen LogP contribution in [0.15, 0.2) is 24.5 Å². The third-order valence-electron chi connectivity index (χ3n) is 4.99. The molecule has 4 rings (SSSR count). The fraction of sp³-hybridized carbons (Fsp3) is 0.474. The molecule has 0 saturated carbocycles. The first-order valence-corrected chi connectivity index (χ1v) is 8.60. The molecule has 3 heterocycles. The number of H-pyrrole nitrogens is 1. The Hall–Kier alpha value is -2.30. The third-order valence-corrected chi connectivity index (χ3v) is 4.99. The van der Waals surface area contributed by atoms with Crippen LogP contribution in [0, 0.1) is 0 Å². The summed E-state index contributed by atoms with van der Waals surface area (Å²) in [5.74, 6) is 1.13. The molecular weight excluding hydrogens is 302 g/mol. The topological polar surface area (TPSA) is 58.2 Å². The van der Waals surface area contributed by atoms with Crippen molar-refractivity contribution in [2.45, 2.75) is 51.7 Å². The minimum atomic E-state index is -0.0973. The minimum Gasteiger partial charge on any atom is -0.488 e. The standard InChI is InChI=1S/C19H23N3O2/c1-19(2)7-5-14-9-13(3-4-17(14)24-19)10-18(23)22-8-6-15-16(11-22)21-12-20-15/h3-4,9,12H,5-8,10-11H2,1-2H3,(H,20,21). The van der Waals surface area contributed by atoms with Crippen LogP contribution in [0.25, 0.3) is 0 Å². The van der Waals surface area contributed by atoms with Crippen molar-refractivity contribution in [3.05, 3.63) is 47.0 Å². The largest absolute Gasteiger partial charge is 0.488 e. The van der Waals surface area contributed by atoms with Crippen molar-refractivity contribution in [3.63, 3.8) is 0 Å². The van der Waals surface area contributed by atoms with Crippen LogP contribution >= 0.6 is 0 Å². The molecule has 0 radical (unpaired) electrons. The SMILES string of the molecule is CC1(C)CCc2cc(CC(=O)N3CCc4nc[nH]c4C3)ccc2O1. The second kappa shape index (κ2) is 5.65. The molecule has 24 heavy (non-hydrogen) atoms. The number of aryl methyl sites for hydroxylation is 1. The normalized spacial score (nSPS) is 18.5. The summed E-state index contributed by atoms with van der Waals surface area (Å²) in [7, 11) is 0. The van der Waals surface area contributed by atoms with E-state index in [4.69, 9.17) is 4.74 Å². The quantitative estimate of drug-likeness (QED) is 0.923. The predicted molar refractivity (Wildman–Crippen MR) is 90.9 cm³/mol. The summed E-state index contributed by atoms with van der Waals surface area (Å²) in [6.07, 6.45) is 5.00. The fourth-order valence-corrected chi connectivity index (χ4v) is 3.53. The van der Waals surface area contributed by atoms with E-state index in [1.807, 2.05) is 17.0 Å². The molecule has 126 valence electrons. The summed E-state index contributed by atoms with van der Waals surface area (Å²) in [5, 5.41) is 0. The highest BCUT2D eigenvalue weighted by atomic mass is 16.5. The molecule has 0 spiro atoms. The van der Waals surface area contributed by atoms with Crippen molar-refractivity contribution < 1.29 is 9.53 Å². The molecule has 0 aliphatic carbocycles. The van der Waals surface area contributed by atoms with Crippen LogP contribution in [0.4, 0.5) is 0 Å². The lowest BCUT2D eigenvalue weighted by atomic mass is 9.93. The maximum absolute atomic E-state index is 12.6. The average Bonchev–Trinajstić information content (AvgIpc) is 3.02. The number of nitrogens with one attached hydrogen (secondary N) is 1. The summed E-state index contributed by atoms with van der Waals surface area (Å²) in [6.45, 7) is 5.62. The van der Waals surface area contributed by atoms with Crippen LogP contribution < -0.4 is 4.74 Å². The number of carbonyl (C=O) groups excluding carboxylic acids is 1. The van der Waals surface area contributed by atoms with Gasteiger partial charge in [0.1, 0.15) is 11.4 Å². The first kappa shape index (κ1) is 15.2. The van der Waals surface area contributed by atoms with Gasteiger partial charge in [-0.1, -0.05) is 12.1 Å². The smallest absolute Gasteiger partial charge is 0.227 e. The van der Waals surface area contributed by atoms with Gasteiger partial charge >= 0.3 is 0 Å². The van der Waals surface area contributed by atoms with Crippen LogP contribution in [0.3, 0.4) is 0 Å². The summed E-state index contributed by atoms with van der Waals surface area (Å²) in [5.41, 5.74) is 4.34. The average molecular weight is 325 g/mol. The number of hydrogen-bond donors (Lipinski definition) is 1. The van der Waals surface area contributed by atoms with E-state index in [-0.39, 0.29) is 11.5 Å². The number of benzene rings is 1. The number of aromatic amines is 1. The van der Waals surface area contributed by atoms with Crippen molar-refractivity contribution in [1.29, 1.82) is 0 Å². The van der Waals surface area contributed by atoms with E-state index in [9.17, 15) is 4.79 Å². The Morgan fingerprint density at radius 2 is 2.25 bits per heavy atom. The molecule has 0 saturated heterocycles. The summed E-state index contributed by atoms with van der Waals surface area (Å²) >= 11 is 0. The van der Waals surface area contributed by atoms with Gasteiger partial charge in [-0.2, -0.15) is 0 Å². The number of amides is 1. The molecular formula is C19H23N3O2. The van der Waals surface area contributed by atoms with Gasteiger partial charge in [0, 0.05) is 13.0 Å². The highest BCUT2D eigenvalue weighted by Crippen LogP contribution is 2.33. The number of nitrogens with zero attached hydrogens (tertiary/aromatic N) is 2. The monoisotopic (exact) mass is 325 g/mol. The number of carbonyl (C=O) groups is 1. The maximum Gasteiger partial charge on any atom is 0.227 e. The third kappa shape index (κ3) is 2.90. The second-order valence-electron chi connectivity index (χ2n) is 7.37. The zero-order valence-corrected chi connectivity index (χ0v) is 14.3. The fourth-order valence-electron chi connectivity index (χ4n) is 3.53. The van der Waals surface area contributed by atoms with Crippen molar-refractivity contribution in [2.24, 2.45) is 0 Å². The number of rotatable bonds is 2. The Kier molecular flexibility index (Phi) is 3.59. The van der Waals surface area contributed by atoms with Crippen LogP contribution in [-0.4, -0.2) is 32.9 Å². The molecule has 2 aromatic rings. The number of imidazole rings is 1. The Labute approximate surface area is 142 Å². The van der Waals surface area contributed by atoms with Gasteiger partial charge in [0.2, 0.25) is 5.91 Å². The zero-order valence-electron chi connectivity index (χ0n) is 14.3. The minimum absolute atomic E-state index is 0.0973. The van der Waals surface area contributed by atoms with Crippen LogP contribution in [-0.2, 0) is 30.6 Å². The summed E-state index contributed by atoms with van der Waals surface area (Å²) in [4.78, 5) is 22.0. The molecule has 1 aromatic carbocycles. The number of ether oxygens (including phenoxy) is 1. The highest BCUT2D eigenvalue weighted by Gasteiger charge is 2.27. The highest BCUT2D eigenvalue weighted by molar-refractivity contribution is 5.79. The second-order valence-corrected chi connectivity index (χ2v) is 7.37. The van der Waals surface area contributed by atoms with E-state index in [0.717, 1.165) is 48.5 Å². The van der Waals surface area contributed by atoms with E-state index in [1.54, 1.807) is 6.33 Å². The van der Waals surface area contributed by atoms with E-state index < -0.39 is 0 Å². The van der Waals surface area contributed by atoms with Gasteiger partial charge in [-0.25, -0.2) is 4.98 Å². The molecule has 2 aliphatic heterocycles. The molecule has 5 nitrogen and oxygen atoms in total. The van der Waals surface area contributed by atoms with Crippen LogP contribution in [0.1, 0.15) is 42.8 Å². The summed E-state index contributed by atoms with van der Waals surface area (Å²) in [6, 6.07) is 6.17. The Bertz CT molecular complexity index is 779. The molecule has 0 unspecified atom stereocenters. The Balaban J connectivity index is 1.45. The van der Waals surface area contributed by atoms with Gasteiger partial charge in [-0.05, 0) is 43.9 Å². The molecule has 1 aromatic heterocycles. The van der Waals surface area contributed by atoms with Crippen molar-refractivity contribution in [3.8, 4) is 5.75 Å². The van der Waals surface area contributed by atoms with Gasteiger partial charge in [-0.15, -0.1) is 0 Å². The van der Waals surface area contributed by atoms with Crippen LogP contribution in [0.5, 0.6) is 5.75 Å². The van der Waals surface area contributed by atoms with E-state index >= 15 is 0 Å². The van der Waals surface area contributed by atoms with Crippen LogP contribution in [0.2, 0.25) is 0 Å². The van der Waals surface area contributed by atoms with Gasteiger partial charge < -0.3 is 14.6 Å². The lowest BCUT2D eigenvalue weighted by Crippen LogP contribution is -2.37. The Morgan fingerprint density at radius 3 is 3.12 bits per heavy atom. The number of hydrogen-bond acceptors (Lipinski definition) is 3. The van der Waals surface area contributed by atoms with Gasteiger partial charge in [-0.3, -0.25) is 4.79 Å². The van der Waals surface area contributed by atoms with E-state index in [1.165, 1.54) is 5.56 Å². The van der Waals surface area contributed by atoms with E-state index in [2.05, 4.69) is 29.9 Å².